The molecule has 11 unspecified atom stereocenters. The van der Waals surface area contributed by atoms with E-state index in [1.54, 1.807) is 24.3 Å². The first-order chi connectivity index (χ1) is 28.4. The molecule has 3 aliphatic carbocycles. The van der Waals surface area contributed by atoms with Crippen molar-refractivity contribution in [1.82, 2.24) is 5.32 Å². The molecule has 2 saturated carbocycles. The minimum absolute atomic E-state index is 0.0102. The Labute approximate surface area is 347 Å². The van der Waals surface area contributed by atoms with Crippen LogP contribution < -0.4 is 5.32 Å². The molecule has 0 radical (unpaired) electrons. The lowest BCUT2D eigenvalue weighted by Gasteiger charge is -2.65. The molecule has 2 aromatic rings. The number of rotatable bonds is 15. The Bertz CT molecular complexity index is 1920. The van der Waals surface area contributed by atoms with E-state index in [1.165, 1.54) is 46.3 Å². The zero-order valence-corrected chi connectivity index (χ0v) is 34.6. The zero-order chi connectivity index (χ0) is 43.6. The average molecular weight is 842 g/mol. The maximum Gasteiger partial charge on any atom is 0.407 e. The van der Waals surface area contributed by atoms with Gasteiger partial charge in [0.1, 0.15) is 30.6 Å². The van der Waals surface area contributed by atoms with Gasteiger partial charge in [0.15, 0.2) is 23.6 Å². The highest BCUT2D eigenvalue weighted by atomic mass is 16.6. The summed E-state index contributed by atoms with van der Waals surface area (Å²) in [5.74, 6) is -4.75. The summed E-state index contributed by atoms with van der Waals surface area (Å²) >= 11 is 0. The van der Waals surface area contributed by atoms with Crippen LogP contribution in [0.2, 0.25) is 0 Å². The fourth-order valence-electron chi connectivity index (χ4n) is 9.11. The van der Waals surface area contributed by atoms with Gasteiger partial charge in [-0.3, -0.25) is 9.59 Å². The molecule has 11 atom stereocenters. The number of amides is 1. The van der Waals surface area contributed by atoms with E-state index in [1.807, 2.05) is 19.9 Å². The second kappa shape index (κ2) is 18.1. The van der Waals surface area contributed by atoms with Crippen LogP contribution in [0, 0.1) is 17.3 Å². The topological polar surface area (TPSA) is 236 Å². The molecule has 0 spiro atoms. The molecule has 3 fully saturated rings. The number of ether oxygens (including phenoxy) is 7. The van der Waals surface area contributed by atoms with E-state index in [9.17, 15) is 34.5 Å². The molecule has 1 saturated heterocycles. The summed E-state index contributed by atoms with van der Waals surface area (Å²) in [5.41, 5.74) is -4.63. The van der Waals surface area contributed by atoms with E-state index >= 15 is 4.79 Å². The number of carbonyl (C=O) groups is 5. The Kier molecular flexibility index (Phi) is 13.6. The number of esters is 3. The number of Topliss-reactive ketones (excluding diaryl/α,β-unsaturated/α-hetero) is 1. The number of nitrogens with one attached hydrogen (secondary N) is 1. The Morgan fingerprint density at radius 3 is 2.42 bits per heavy atom. The van der Waals surface area contributed by atoms with Crippen LogP contribution in [0.3, 0.4) is 0 Å². The number of aliphatic hydroxyl groups is 3. The minimum atomic E-state index is -2.10. The van der Waals surface area contributed by atoms with Crippen LogP contribution >= 0.6 is 0 Å². The number of benzene rings is 1. The fourth-order valence-corrected chi connectivity index (χ4v) is 9.11. The summed E-state index contributed by atoms with van der Waals surface area (Å²) in [5, 5.41) is 39.2. The molecule has 1 aliphatic heterocycles. The van der Waals surface area contributed by atoms with Crippen molar-refractivity contribution in [2.24, 2.45) is 17.3 Å². The second-order valence-electron chi connectivity index (χ2n) is 16.8. The highest BCUT2D eigenvalue weighted by molar-refractivity contribution is 5.95. The second-order valence-corrected chi connectivity index (χ2v) is 16.8. The monoisotopic (exact) mass is 841 g/mol. The molecule has 60 heavy (non-hydrogen) atoms. The van der Waals surface area contributed by atoms with Crippen LogP contribution in [0.25, 0.3) is 0 Å². The van der Waals surface area contributed by atoms with Crippen molar-refractivity contribution < 1.29 is 76.9 Å². The van der Waals surface area contributed by atoms with Gasteiger partial charge in [-0.05, 0) is 55.0 Å². The molecule has 1 aromatic heterocycles. The third-order valence-electron chi connectivity index (χ3n) is 12.3. The molecule has 2 bridgehead atoms. The smallest absolute Gasteiger partial charge is 0.407 e. The maximum absolute atomic E-state index is 15.3. The molecule has 17 nitrogen and oxygen atoms in total. The van der Waals surface area contributed by atoms with E-state index in [0.717, 1.165) is 0 Å². The summed E-state index contributed by atoms with van der Waals surface area (Å²) in [4.78, 5) is 68.3. The third-order valence-corrected chi connectivity index (χ3v) is 12.3. The molecule has 1 amide bonds. The van der Waals surface area contributed by atoms with E-state index < -0.39 is 108 Å². The number of hydrogen-bond donors (Lipinski definition) is 4. The van der Waals surface area contributed by atoms with Crippen LogP contribution in [-0.2, 0) is 58.9 Å². The lowest BCUT2D eigenvalue weighted by Crippen LogP contribution is -2.80. The van der Waals surface area contributed by atoms with Crippen molar-refractivity contribution in [3.8, 4) is 0 Å². The van der Waals surface area contributed by atoms with Crippen LogP contribution in [0.15, 0.2) is 64.3 Å². The van der Waals surface area contributed by atoms with Crippen LogP contribution in [0.4, 0.5) is 4.79 Å². The highest BCUT2D eigenvalue weighted by Gasteiger charge is 2.75. The Morgan fingerprint density at radius 2 is 1.80 bits per heavy atom. The fraction of sp³-hybridized carbons (Fsp3) is 0.605. The number of ketones is 1. The molecule has 6 rings (SSSR count). The number of methoxy groups -OCH3 is 1. The first kappa shape index (κ1) is 44.9. The largest absolute Gasteiger partial charge is 0.467 e. The van der Waals surface area contributed by atoms with Gasteiger partial charge in [-0.25, -0.2) is 14.4 Å². The molecule has 17 heteroatoms. The number of hydrogen-bond acceptors (Lipinski definition) is 16. The standard InChI is InChI=1S/C43H55NO16/c1-23(2)14-16-55-40(51)44-33(28-13-10-15-54-28)34(48)39(50)58-29-19-42(52)18-27(24(29)3)35(59-32(47)21-53-6)37(49)41(5)30(46)17-31-43(22-57-31,60-25(4)45)36(41)38(42)56-20-26-11-8-7-9-12-26/h7-13,15,23,29-31,33-36,38,46,48,52H,14,16-22H2,1-6H3,(H,44,51). The summed E-state index contributed by atoms with van der Waals surface area (Å²) in [6.45, 7) is 7.33. The molecule has 4 aliphatic rings. The molecule has 1 aromatic carbocycles. The maximum atomic E-state index is 15.3. The Hall–Kier alpha value is -4.65. The zero-order valence-electron chi connectivity index (χ0n) is 34.6. The summed E-state index contributed by atoms with van der Waals surface area (Å²) in [6, 6.07) is 10.4. The lowest BCUT2D eigenvalue weighted by atomic mass is 9.48. The first-order valence-electron chi connectivity index (χ1n) is 20.1. The SMILES string of the molecule is COCC(=O)OC1C(=O)C2(C)C(O)CC3OCC3(OC(C)=O)C2C(OCc2ccccc2)C2(O)CC1=C(C)C(OC(=O)C(O)C(NC(=O)OCCC(C)C)c1ccco1)C2. The number of fused-ring (bicyclic) bond motifs is 5. The van der Waals surface area contributed by atoms with E-state index in [4.69, 9.17) is 37.6 Å². The predicted octanol–water partition coefficient (Wildman–Crippen LogP) is 3.02. The van der Waals surface area contributed by atoms with Gasteiger partial charge in [0, 0.05) is 39.2 Å². The summed E-state index contributed by atoms with van der Waals surface area (Å²) in [6.07, 6.45) is -8.99. The molecule has 2 heterocycles. The Balaban J connectivity index is 1.44. The number of carbonyl (C=O) groups excluding carboxylic acids is 5. The number of aliphatic hydroxyl groups excluding tert-OH is 2. The minimum Gasteiger partial charge on any atom is -0.467 e. The van der Waals surface area contributed by atoms with Crippen molar-refractivity contribution in [1.29, 1.82) is 0 Å². The van der Waals surface area contributed by atoms with Gasteiger partial charge >= 0.3 is 24.0 Å². The normalized spacial score (nSPS) is 31.9. The van der Waals surface area contributed by atoms with Crippen molar-refractivity contribution in [2.45, 2.75) is 121 Å². The predicted molar refractivity (Wildman–Crippen MR) is 206 cm³/mol. The van der Waals surface area contributed by atoms with Crippen molar-refractivity contribution in [3.63, 3.8) is 0 Å². The van der Waals surface area contributed by atoms with Gasteiger partial charge in [0.25, 0.3) is 0 Å². The van der Waals surface area contributed by atoms with Gasteiger partial charge in [-0.2, -0.15) is 0 Å². The van der Waals surface area contributed by atoms with Gasteiger partial charge in [-0.15, -0.1) is 0 Å². The van der Waals surface area contributed by atoms with Gasteiger partial charge in [-0.1, -0.05) is 44.2 Å². The van der Waals surface area contributed by atoms with Gasteiger partial charge in [0.2, 0.25) is 0 Å². The highest BCUT2D eigenvalue weighted by Crippen LogP contribution is 2.61. The van der Waals surface area contributed by atoms with Gasteiger partial charge in [0.05, 0.1) is 49.3 Å². The summed E-state index contributed by atoms with van der Waals surface area (Å²) in [7, 11) is 1.26. The van der Waals surface area contributed by atoms with Crippen LogP contribution in [-0.4, -0.2) is 120 Å². The van der Waals surface area contributed by atoms with E-state index in [2.05, 4.69) is 5.32 Å². The third kappa shape index (κ3) is 8.74. The van der Waals surface area contributed by atoms with Crippen molar-refractivity contribution in [3.05, 3.63) is 71.2 Å². The molecular formula is C43H55NO16. The van der Waals surface area contributed by atoms with Gasteiger partial charge < -0.3 is 58.2 Å². The summed E-state index contributed by atoms with van der Waals surface area (Å²) < 4.78 is 46.2. The van der Waals surface area contributed by atoms with E-state index in [0.29, 0.717) is 12.0 Å². The average Bonchev–Trinajstić information content (AvgIpc) is 3.73. The van der Waals surface area contributed by atoms with Crippen molar-refractivity contribution >= 4 is 29.8 Å². The van der Waals surface area contributed by atoms with Crippen LogP contribution in [0.1, 0.15) is 77.7 Å². The number of alkyl carbamates (subject to hydrolysis) is 1. The molecular weight excluding hydrogens is 786 g/mol. The Morgan fingerprint density at radius 1 is 1.07 bits per heavy atom. The molecule has 328 valence electrons. The molecule has 4 N–H and O–H groups in total. The number of furan rings is 1. The first-order valence-corrected chi connectivity index (χ1v) is 20.1. The van der Waals surface area contributed by atoms with E-state index in [-0.39, 0.29) is 55.5 Å². The quantitative estimate of drug-likeness (QED) is 0.115. The lowest BCUT2D eigenvalue weighted by molar-refractivity contribution is -0.346. The van der Waals surface area contributed by atoms with Crippen LogP contribution in [0.5, 0.6) is 0 Å². The van der Waals surface area contributed by atoms with Crippen molar-refractivity contribution in [2.75, 3.05) is 26.9 Å².